The minimum absolute atomic E-state index is 0.409. The van der Waals surface area contributed by atoms with Crippen LogP contribution in [0, 0.1) is 11.3 Å². The molecule has 1 fully saturated rings. The number of carbonyl (C=O) groups excluding carboxylic acids is 1. The van der Waals surface area contributed by atoms with E-state index in [9.17, 15) is 4.79 Å². The van der Waals surface area contributed by atoms with E-state index < -0.39 is 0 Å². The normalized spacial score (nSPS) is 20.4. The van der Waals surface area contributed by atoms with E-state index in [2.05, 4.69) is 20.8 Å². The lowest BCUT2D eigenvalue weighted by Crippen LogP contribution is -2.08. The van der Waals surface area contributed by atoms with Crippen LogP contribution < -0.4 is 0 Å². The molecule has 0 heterocycles. The van der Waals surface area contributed by atoms with Crippen LogP contribution in [0.25, 0.3) is 0 Å². The van der Waals surface area contributed by atoms with Gasteiger partial charge in [-0.2, -0.15) is 0 Å². The van der Waals surface area contributed by atoms with Crippen LogP contribution in [0.5, 0.6) is 0 Å². The van der Waals surface area contributed by atoms with Crippen molar-refractivity contribution in [1.29, 1.82) is 0 Å². The van der Waals surface area contributed by atoms with Gasteiger partial charge in [0.2, 0.25) is 0 Å². The molecule has 0 bridgehead atoms. The van der Waals surface area contributed by atoms with E-state index in [1.54, 1.807) is 0 Å². The lowest BCUT2D eigenvalue weighted by molar-refractivity contribution is -0.120. The third-order valence-corrected chi connectivity index (χ3v) is 2.36. The number of rotatable bonds is 4. The number of hydrogen-bond donors (Lipinski definition) is 0. The number of hydrogen-bond acceptors (Lipinski definition) is 1. The molecule has 1 rings (SSSR count). The van der Waals surface area contributed by atoms with Crippen LogP contribution in [0.1, 0.15) is 46.5 Å². The lowest BCUT2D eigenvalue weighted by Gasteiger charge is -2.07. The van der Waals surface area contributed by atoms with Gasteiger partial charge in [-0.3, -0.25) is 4.79 Å². The SMILES string of the molecule is CC(C)CC(=O)CC1(C)CC1. The van der Waals surface area contributed by atoms with Crippen LogP contribution in [0.3, 0.4) is 0 Å². The van der Waals surface area contributed by atoms with Gasteiger partial charge in [-0.1, -0.05) is 20.8 Å². The summed E-state index contributed by atoms with van der Waals surface area (Å²) < 4.78 is 0. The highest BCUT2D eigenvalue weighted by atomic mass is 16.1. The van der Waals surface area contributed by atoms with Crippen molar-refractivity contribution in [2.45, 2.75) is 46.5 Å². The van der Waals surface area contributed by atoms with Crippen molar-refractivity contribution in [3.05, 3.63) is 0 Å². The van der Waals surface area contributed by atoms with Gasteiger partial charge >= 0.3 is 0 Å². The van der Waals surface area contributed by atoms with E-state index in [1.165, 1.54) is 12.8 Å². The van der Waals surface area contributed by atoms with Crippen LogP contribution in [-0.4, -0.2) is 5.78 Å². The fourth-order valence-electron chi connectivity index (χ4n) is 1.39. The van der Waals surface area contributed by atoms with Crippen molar-refractivity contribution in [3.8, 4) is 0 Å². The fourth-order valence-corrected chi connectivity index (χ4v) is 1.39. The summed E-state index contributed by atoms with van der Waals surface area (Å²) in [6.07, 6.45) is 4.12. The molecule has 0 aromatic carbocycles. The molecule has 1 aliphatic rings. The fraction of sp³-hybridized carbons (Fsp3) is 0.900. The Bertz CT molecular complexity index is 154. The molecule has 0 aliphatic heterocycles. The predicted molar refractivity (Wildman–Crippen MR) is 46.4 cm³/mol. The molecule has 1 heteroatoms. The largest absolute Gasteiger partial charge is 0.300 e. The Balaban J connectivity index is 2.21. The lowest BCUT2D eigenvalue weighted by atomic mass is 9.97. The van der Waals surface area contributed by atoms with Gasteiger partial charge in [-0.05, 0) is 24.2 Å². The number of ketones is 1. The zero-order chi connectivity index (χ0) is 8.48. The van der Waals surface area contributed by atoms with E-state index in [1.807, 2.05) is 0 Å². The standard InChI is InChI=1S/C10H18O/c1-8(2)6-9(11)7-10(3)4-5-10/h8H,4-7H2,1-3H3. The van der Waals surface area contributed by atoms with Gasteiger partial charge in [0.1, 0.15) is 5.78 Å². The summed E-state index contributed by atoms with van der Waals surface area (Å²) in [5, 5.41) is 0. The molecular weight excluding hydrogens is 136 g/mol. The molecule has 1 saturated carbocycles. The van der Waals surface area contributed by atoms with Crippen LogP contribution in [0.2, 0.25) is 0 Å². The topological polar surface area (TPSA) is 17.1 Å². The molecule has 0 unspecified atom stereocenters. The Morgan fingerprint density at radius 2 is 2.00 bits per heavy atom. The maximum atomic E-state index is 11.3. The summed E-state index contributed by atoms with van der Waals surface area (Å²) in [6.45, 7) is 6.42. The van der Waals surface area contributed by atoms with Gasteiger partial charge in [0.15, 0.2) is 0 Å². The maximum Gasteiger partial charge on any atom is 0.133 e. The second kappa shape index (κ2) is 2.96. The Morgan fingerprint density at radius 1 is 1.45 bits per heavy atom. The van der Waals surface area contributed by atoms with Crippen LogP contribution in [-0.2, 0) is 4.79 Å². The monoisotopic (exact) mass is 154 g/mol. The highest BCUT2D eigenvalue weighted by Gasteiger charge is 2.38. The summed E-state index contributed by atoms with van der Waals surface area (Å²) in [4.78, 5) is 11.3. The average molecular weight is 154 g/mol. The molecule has 0 aromatic rings. The molecule has 0 amide bonds. The maximum absolute atomic E-state index is 11.3. The molecular formula is C10H18O. The Hall–Kier alpha value is -0.330. The second-order valence-corrected chi connectivity index (χ2v) is 4.62. The van der Waals surface area contributed by atoms with Gasteiger partial charge in [-0.25, -0.2) is 0 Å². The molecule has 64 valence electrons. The summed E-state index contributed by atoms with van der Waals surface area (Å²) in [5.74, 6) is 0.991. The molecule has 1 aliphatic carbocycles. The van der Waals surface area contributed by atoms with Crippen molar-refractivity contribution in [1.82, 2.24) is 0 Å². The molecule has 0 N–H and O–H groups in total. The summed E-state index contributed by atoms with van der Waals surface area (Å²) >= 11 is 0. The van der Waals surface area contributed by atoms with Crippen LogP contribution >= 0.6 is 0 Å². The first-order valence-corrected chi connectivity index (χ1v) is 4.53. The van der Waals surface area contributed by atoms with E-state index in [4.69, 9.17) is 0 Å². The smallest absolute Gasteiger partial charge is 0.133 e. The number of carbonyl (C=O) groups is 1. The minimum atomic E-state index is 0.409. The molecule has 0 atom stereocenters. The summed E-state index contributed by atoms with van der Waals surface area (Å²) in [6, 6.07) is 0. The highest BCUT2D eigenvalue weighted by molar-refractivity contribution is 5.79. The summed E-state index contributed by atoms with van der Waals surface area (Å²) in [5.41, 5.74) is 0.409. The molecule has 0 saturated heterocycles. The zero-order valence-corrected chi connectivity index (χ0v) is 7.81. The second-order valence-electron chi connectivity index (χ2n) is 4.62. The van der Waals surface area contributed by atoms with Gasteiger partial charge in [0, 0.05) is 12.8 Å². The third kappa shape index (κ3) is 3.04. The molecule has 0 spiro atoms. The van der Waals surface area contributed by atoms with Crippen molar-refractivity contribution in [2.75, 3.05) is 0 Å². The van der Waals surface area contributed by atoms with E-state index in [0.29, 0.717) is 17.1 Å². The van der Waals surface area contributed by atoms with Crippen LogP contribution in [0.4, 0.5) is 0 Å². The Labute approximate surface area is 69.2 Å². The van der Waals surface area contributed by atoms with Gasteiger partial charge in [-0.15, -0.1) is 0 Å². The first kappa shape index (κ1) is 8.76. The molecule has 1 nitrogen and oxygen atoms in total. The minimum Gasteiger partial charge on any atom is -0.300 e. The molecule has 0 aromatic heterocycles. The highest BCUT2D eigenvalue weighted by Crippen LogP contribution is 2.48. The van der Waals surface area contributed by atoms with Crippen molar-refractivity contribution in [3.63, 3.8) is 0 Å². The molecule has 11 heavy (non-hydrogen) atoms. The summed E-state index contributed by atoms with van der Waals surface area (Å²) in [7, 11) is 0. The number of Topliss-reactive ketones (excluding diaryl/α,β-unsaturated/α-hetero) is 1. The van der Waals surface area contributed by atoms with Crippen molar-refractivity contribution < 1.29 is 4.79 Å². The Kier molecular flexibility index (Phi) is 2.36. The van der Waals surface area contributed by atoms with Crippen LogP contribution in [0.15, 0.2) is 0 Å². The van der Waals surface area contributed by atoms with Gasteiger partial charge in [0.25, 0.3) is 0 Å². The predicted octanol–water partition coefficient (Wildman–Crippen LogP) is 2.79. The zero-order valence-electron chi connectivity index (χ0n) is 7.81. The van der Waals surface area contributed by atoms with Gasteiger partial charge < -0.3 is 0 Å². The quantitative estimate of drug-likeness (QED) is 0.608. The third-order valence-electron chi connectivity index (χ3n) is 2.36. The average Bonchev–Trinajstić information content (AvgIpc) is 2.44. The molecule has 0 radical (unpaired) electrons. The van der Waals surface area contributed by atoms with Crippen molar-refractivity contribution >= 4 is 5.78 Å². The van der Waals surface area contributed by atoms with E-state index in [-0.39, 0.29) is 0 Å². The van der Waals surface area contributed by atoms with Gasteiger partial charge in [0.05, 0.1) is 0 Å². The first-order valence-electron chi connectivity index (χ1n) is 4.53. The van der Waals surface area contributed by atoms with E-state index in [0.717, 1.165) is 12.8 Å². The van der Waals surface area contributed by atoms with E-state index >= 15 is 0 Å². The van der Waals surface area contributed by atoms with Crippen molar-refractivity contribution in [2.24, 2.45) is 11.3 Å². The Morgan fingerprint density at radius 3 is 2.36 bits per heavy atom. The first-order chi connectivity index (χ1) is 5.02.